The summed E-state index contributed by atoms with van der Waals surface area (Å²) in [5.41, 5.74) is -0.0149. The van der Waals surface area contributed by atoms with E-state index in [9.17, 15) is 14.7 Å². The number of carbonyl (C=O) groups is 1. The van der Waals surface area contributed by atoms with E-state index in [0.717, 1.165) is 4.47 Å². The molecule has 5 rings (SSSR count). The third-order valence-corrected chi connectivity index (χ3v) is 6.81. The van der Waals surface area contributed by atoms with Gasteiger partial charge in [-0.1, -0.05) is 33.6 Å². The third kappa shape index (κ3) is 3.04. The molecule has 2 N–H and O–H groups in total. The molecule has 8 heteroatoms. The lowest BCUT2D eigenvalue weighted by molar-refractivity contribution is -0.140. The molecule has 2 aliphatic rings. The van der Waals surface area contributed by atoms with Crippen molar-refractivity contribution in [2.75, 3.05) is 13.2 Å². The Bertz CT molecular complexity index is 1250. The van der Waals surface area contributed by atoms with E-state index in [1.165, 1.54) is 6.07 Å². The van der Waals surface area contributed by atoms with Crippen molar-refractivity contribution in [3.05, 3.63) is 62.2 Å². The van der Waals surface area contributed by atoms with Gasteiger partial charge in [0.2, 0.25) is 0 Å². The Labute approximate surface area is 184 Å². The zero-order valence-electron chi connectivity index (χ0n) is 15.7. The summed E-state index contributed by atoms with van der Waals surface area (Å²) in [5, 5.41) is 13.3. The van der Waals surface area contributed by atoms with Gasteiger partial charge < -0.3 is 19.6 Å². The summed E-state index contributed by atoms with van der Waals surface area (Å²) in [5.74, 6) is 0.188. The van der Waals surface area contributed by atoms with E-state index in [4.69, 9.17) is 20.8 Å². The van der Waals surface area contributed by atoms with Crippen molar-refractivity contribution in [3.8, 4) is 17.1 Å². The molecule has 3 aromatic rings. The SMILES string of the molecule is O=C(O)C12CC1(NCCOc1cc(Br)ccc1-c1cc(=O)c3cccc(Cl)c3o1)C2. The molecule has 30 heavy (non-hydrogen) atoms. The fraction of sp³-hybridized carbons (Fsp3) is 0.273. The molecule has 6 nitrogen and oxygen atoms in total. The third-order valence-electron chi connectivity index (χ3n) is 6.02. The van der Waals surface area contributed by atoms with E-state index in [1.54, 1.807) is 24.3 Å². The van der Waals surface area contributed by atoms with Gasteiger partial charge in [-0.15, -0.1) is 0 Å². The number of carboxylic acid groups (broad SMARTS) is 1. The summed E-state index contributed by atoms with van der Waals surface area (Å²) in [6.45, 7) is 0.869. The van der Waals surface area contributed by atoms with Gasteiger partial charge in [0.15, 0.2) is 11.0 Å². The van der Waals surface area contributed by atoms with Gasteiger partial charge in [-0.25, -0.2) is 0 Å². The second-order valence-electron chi connectivity index (χ2n) is 7.83. The van der Waals surface area contributed by atoms with Crippen LogP contribution in [-0.2, 0) is 4.79 Å². The highest BCUT2D eigenvalue weighted by Crippen LogP contribution is 2.78. The Kier molecular flexibility index (Phi) is 4.47. The van der Waals surface area contributed by atoms with Crippen molar-refractivity contribution >= 4 is 44.5 Å². The number of halogens is 2. The highest BCUT2D eigenvalue weighted by atomic mass is 79.9. The van der Waals surface area contributed by atoms with Crippen LogP contribution in [-0.4, -0.2) is 29.8 Å². The quantitative estimate of drug-likeness (QED) is 0.475. The van der Waals surface area contributed by atoms with Crippen molar-refractivity contribution in [1.82, 2.24) is 5.32 Å². The molecule has 0 bridgehead atoms. The standard InChI is InChI=1S/C22H17BrClNO5/c23-12-4-5-14(18-9-16(26)13-2-1-3-15(24)19(13)30-18)17(8-12)29-7-6-25-22-10-21(22,11-22)20(27)28/h1-5,8-9,25H,6-7,10-11H2,(H,27,28). The summed E-state index contributed by atoms with van der Waals surface area (Å²) in [6.07, 6.45) is 1.36. The minimum absolute atomic E-state index is 0.184. The first-order valence-electron chi connectivity index (χ1n) is 9.49. The number of carboxylic acids is 1. The van der Waals surface area contributed by atoms with Crippen LogP contribution in [0.2, 0.25) is 5.02 Å². The molecule has 0 unspecified atom stereocenters. The average molecular weight is 491 g/mol. The highest BCUT2D eigenvalue weighted by molar-refractivity contribution is 9.10. The molecule has 0 saturated heterocycles. The second-order valence-corrected chi connectivity index (χ2v) is 9.15. The van der Waals surface area contributed by atoms with Crippen LogP contribution in [0.3, 0.4) is 0 Å². The van der Waals surface area contributed by atoms with Gasteiger partial charge in [0.05, 0.1) is 21.4 Å². The summed E-state index contributed by atoms with van der Waals surface area (Å²) in [7, 11) is 0. The Hall–Kier alpha value is -2.35. The Balaban J connectivity index is 1.37. The highest BCUT2D eigenvalue weighted by Gasteiger charge is 2.87. The Morgan fingerprint density at radius 2 is 2.07 bits per heavy atom. The summed E-state index contributed by atoms with van der Waals surface area (Å²) in [6, 6.07) is 11.9. The number of benzene rings is 2. The molecule has 1 aromatic heterocycles. The number of ether oxygens (including phenoxy) is 1. The van der Waals surface area contributed by atoms with Crippen molar-refractivity contribution in [3.63, 3.8) is 0 Å². The van der Waals surface area contributed by atoms with Gasteiger partial charge in [0, 0.05) is 22.6 Å². The predicted octanol–water partition coefficient (Wildman–Crippen LogP) is 4.46. The van der Waals surface area contributed by atoms with Crippen LogP contribution in [0.4, 0.5) is 0 Å². The Morgan fingerprint density at radius 1 is 1.27 bits per heavy atom. The molecular formula is C22H17BrClNO5. The fourth-order valence-corrected chi connectivity index (χ4v) is 4.64. The van der Waals surface area contributed by atoms with E-state index in [-0.39, 0.29) is 11.0 Å². The average Bonchev–Trinajstić information content (AvgIpc) is 3.53. The monoisotopic (exact) mass is 489 g/mol. The summed E-state index contributed by atoms with van der Waals surface area (Å²) < 4.78 is 12.7. The molecule has 1 heterocycles. The number of hydrogen-bond acceptors (Lipinski definition) is 5. The molecule has 2 fully saturated rings. The van der Waals surface area contributed by atoms with Crippen LogP contribution in [0.1, 0.15) is 12.8 Å². The van der Waals surface area contributed by atoms with Gasteiger partial charge >= 0.3 is 5.97 Å². The number of fused-ring (bicyclic) bond motifs is 2. The first-order chi connectivity index (χ1) is 14.4. The molecule has 2 saturated carbocycles. The van der Waals surface area contributed by atoms with E-state index < -0.39 is 11.4 Å². The second kappa shape index (κ2) is 6.83. The topological polar surface area (TPSA) is 88.8 Å². The van der Waals surface area contributed by atoms with E-state index >= 15 is 0 Å². The van der Waals surface area contributed by atoms with Gasteiger partial charge in [-0.05, 0) is 43.2 Å². The molecule has 0 amide bonds. The molecule has 2 aliphatic carbocycles. The lowest BCUT2D eigenvalue weighted by Gasteiger charge is -2.13. The van der Waals surface area contributed by atoms with E-state index in [0.29, 0.717) is 59.1 Å². The zero-order chi connectivity index (χ0) is 21.1. The number of aliphatic carboxylic acids is 1. The minimum atomic E-state index is -0.727. The van der Waals surface area contributed by atoms with Crippen molar-refractivity contribution in [2.45, 2.75) is 18.4 Å². The maximum Gasteiger partial charge on any atom is 0.311 e. The Morgan fingerprint density at radius 3 is 2.80 bits per heavy atom. The molecule has 2 aromatic carbocycles. The zero-order valence-corrected chi connectivity index (χ0v) is 18.0. The molecule has 0 atom stereocenters. The van der Waals surface area contributed by atoms with Crippen LogP contribution in [0.5, 0.6) is 5.75 Å². The van der Waals surface area contributed by atoms with Crippen molar-refractivity contribution < 1.29 is 19.1 Å². The van der Waals surface area contributed by atoms with Crippen molar-refractivity contribution in [2.24, 2.45) is 5.41 Å². The van der Waals surface area contributed by atoms with Gasteiger partial charge in [0.25, 0.3) is 0 Å². The summed E-state index contributed by atoms with van der Waals surface area (Å²) in [4.78, 5) is 23.8. The first kappa shape index (κ1) is 19.6. The van der Waals surface area contributed by atoms with Gasteiger partial charge in [0.1, 0.15) is 18.1 Å². The fourth-order valence-electron chi connectivity index (χ4n) is 4.09. The van der Waals surface area contributed by atoms with E-state index in [2.05, 4.69) is 21.2 Å². The van der Waals surface area contributed by atoms with Crippen LogP contribution in [0, 0.1) is 5.41 Å². The first-order valence-corrected chi connectivity index (χ1v) is 10.7. The van der Waals surface area contributed by atoms with Crippen LogP contribution in [0.15, 0.2) is 56.1 Å². The molecule has 0 radical (unpaired) electrons. The number of para-hydroxylation sites is 1. The maximum absolute atomic E-state index is 12.5. The van der Waals surface area contributed by atoms with Gasteiger partial charge in [-0.2, -0.15) is 0 Å². The van der Waals surface area contributed by atoms with Crippen LogP contribution < -0.4 is 15.5 Å². The number of hydrogen-bond donors (Lipinski definition) is 2. The lowest BCUT2D eigenvalue weighted by atomic mass is 10.1. The minimum Gasteiger partial charge on any atom is -0.491 e. The smallest absolute Gasteiger partial charge is 0.311 e. The normalized spacial score (nSPS) is 23.8. The van der Waals surface area contributed by atoms with Gasteiger partial charge in [-0.3, -0.25) is 9.59 Å². The number of nitrogens with one attached hydrogen (secondary N) is 1. The van der Waals surface area contributed by atoms with Crippen LogP contribution >= 0.6 is 27.5 Å². The summed E-state index contributed by atoms with van der Waals surface area (Å²) >= 11 is 9.66. The number of rotatable bonds is 7. The maximum atomic E-state index is 12.5. The van der Waals surface area contributed by atoms with Crippen molar-refractivity contribution in [1.29, 1.82) is 0 Å². The largest absolute Gasteiger partial charge is 0.491 e. The molecule has 154 valence electrons. The molecular weight excluding hydrogens is 474 g/mol. The molecule has 0 aliphatic heterocycles. The van der Waals surface area contributed by atoms with E-state index in [1.807, 2.05) is 12.1 Å². The lowest BCUT2D eigenvalue weighted by Crippen LogP contribution is -2.28. The predicted molar refractivity (Wildman–Crippen MR) is 116 cm³/mol. The molecule has 0 spiro atoms. The van der Waals surface area contributed by atoms with Crippen LogP contribution in [0.25, 0.3) is 22.3 Å².